The minimum Gasteiger partial charge on any atom is -0.479 e. The van der Waals surface area contributed by atoms with Gasteiger partial charge in [-0.1, -0.05) is 182 Å². The van der Waals surface area contributed by atoms with E-state index in [1.54, 1.807) is 0 Å². The molecule has 0 spiro atoms. The van der Waals surface area contributed by atoms with E-state index in [-0.39, 0.29) is 25.9 Å². The second kappa shape index (κ2) is 46.7. The van der Waals surface area contributed by atoms with E-state index in [1.807, 2.05) is 18.2 Å². The van der Waals surface area contributed by atoms with Crippen LogP contribution in [-0.4, -0.2) is 89.2 Å². The van der Waals surface area contributed by atoms with Gasteiger partial charge in [0.2, 0.25) is 0 Å². The van der Waals surface area contributed by atoms with Gasteiger partial charge in [-0.3, -0.25) is 14.4 Å². The van der Waals surface area contributed by atoms with Gasteiger partial charge in [0.15, 0.2) is 24.6 Å². The third-order valence-electron chi connectivity index (χ3n) is 11.6. The highest BCUT2D eigenvalue weighted by molar-refractivity contribution is 5.74. The highest BCUT2D eigenvalue weighted by atomic mass is 16.7. The summed E-state index contributed by atoms with van der Waals surface area (Å²) in [7, 11) is 0. The van der Waals surface area contributed by atoms with Gasteiger partial charge in [-0.05, 0) is 96.3 Å². The van der Waals surface area contributed by atoms with Crippen LogP contribution in [0.1, 0.15) is 201 Å². The van der Waals surface area contributed by atoms with Gasteiger partial charge in [-0.15, -0.1) is 0 Å². The average Bonchev–Trinajstić information content (AvgIpc) is 3.35. The van der Waals surface area contributed by atoms with Gasteiger partial charge in [0.05, 0.1) is 6.61 Å². The predicted molar refractivity (Wildman–Crippen MR) is 284 cm³/mol. The number of hydrogen-bond donors (Lipinski definition) is 3. The second-order valence-corrected chi connectivity index (χ2v) is 18.1. The van der Waals surface area contributed by atoms with Crippen LogP contribution < -0.4 is 0 Å². The molecule has 12 heteroatoms. The molecule has 0 aliphatic carbocycles. The van der Waals surface area contributed by atoms with Gasteiger partial charge in [0.1, 0.15) is 18.8 Å². The van der Waals surface area contributed by atoms with Gasteiger partial charge in [0, 0.05) is 19.3 Å². The summed E-state index contributed by atoms with van der Waals surface area (Å²) in [5, 5.41) is 31.3. The molecule has 1 rings (SSSR count). The van der Waals surface area contributed by atoms with E-state index < -0.39 is 67.3 Å². The molecule has 12 nitrogen and oxygen atoms in total. The lowest BCUT2D eigenvalue weighted by molar-refractivity contribution is -0.301. The Morgan fingerprint density at radius 2 is 0.915 bits per heavy atom. The Labute approximate surface area is 428 Å². The van der Waals surface area contributed by atoms with Gasteiger partial charge >= 0.3 is 23.9 Å². The number of carboxylic acids is 1. The van der Waals surface area contributed by atoms with E-state index in [0.29, 0.717) is 25.7 Å². The van der Waals surface area contributed by atoms with E-state index in [4.69, 9.17) is 23.7 Å². The predicted octanol–water partition coefficient (Wildman–Crippen LogP) is 13.3. The first kappa shape index (κ1) is 64.7. The van der Waals surface area contributed by atoms with Gasteiger partial charge in [0.25, 0.3) is 0 Å². The first-order valence-electron chi connectivity index (χ1n) is 27.2. The molecule has 1 heterocycles. The van der Waals surface area contributed by atoms with E-state index in [0.717, 1.165) is 116 Å². The first-order valence-corrected chi connectivity index (χ1v) is 27.2. The summed E-state index contributed by atoms with van der Waals surface area (Å²) in [6.07, 6.45) is 48.4. The first-order chi connectivity index (χ1) is 34.6. The maximum absolute atomic E-state index is 13.1. The molecule has 0 bridgehead atoms. The number of hydrogen-bond acceptors (Lipinski definition) is 11. The number of carboxylic acid groups (broad SMARTS) is 1. The largest absolute Gasteiger partial charge is 0.479 e. The van der Waals surface area contributed by atoms with E-state index >= 15 is 0 Å². The van der Waals surface area contributed by atoms with Crippen molar-refractivity contribution in [2.24, 2.45) is 0 Å². The molecule has 1 aliphatic heterocycles. The normalized spacial score (nSPS) is 19.3. The zero-order valence-corrected chi connectivity index (χ0v) is 43.9. The molecule has 1 fully saturated rings. The Hall–Kier alpha value is -4.36. The van der Waals surface area contributed by atoms with Crippen molar-refractivity contribution in [3.8, 4) is 0 Å². The van der Waals surface area contributed by atoms with Crippen LogP contribution in [0.15, 0.2) is 97.2 Å². The zero-order chi connectivity index (χ0) is 51.8. The van der Waals surface area contributed by atoms with Crippen molar-refractivity contribution in [2.75, 3.05) is 13.2 Å². The molecule has 402 valence electrons. The summed E-state index contributed by atoms with van der Waals surface area (Å²) in [6, 6.07) is 0. The molecule has 0 aromatic heterocycles. The van der Waals surface area contributed by atoms with E-state index in [9.17, 15) is 34.5 Å². The third kappa shape index (κ3) is 37.1. The summed E-state index contributed by atoms with van der Waals surface area (Å²) in [4.78, 5) is 50.9. The zero-order valence-electron chi connectivity index (χ0n) is 43.9. The quantitative estimate of drug-likeness (QED) is 0.0228. The summed E-state index contributed by atoms with van der Waals surface area (Å²) in [5.41, 5.74) is 0. The maximum Gasteiger partial charge on any atom is 0.335 e. The molecule has 0 aromatic rings. The van der Waals surface area contributed by atoms with Crippen molar-refractivity contribution in [2.45, 2.75) is 237 Å². The molecule has 1 aliphatic rings. The Balaban J connectivity index is 2.75. The molecule has 0 aromatic carbocycles. The van der Waals surface area contributed by atoms with Crippen molar-refractivity contribution < 1.29 is 58.2 Å². The minimum absolute atomic E-state index is 0.0663. The number of rotatable bonds is 44. The Morgan fingerprint density at radius 3 is 1.42 bits per heavy atom. The Morgan fingerprint density at radius 1 is 0.479 bits per heavy atom. The highest BCUT2D eigenvalue weighted by Gasteiger charge is 2.50. The summed E-state index contributed by atoms with van der Waals surface area (Å²) < 4.78 is 28.2. The van der Waals surface area contributed by atoms with E-state index in [1.165, 1.54) is 19.3 Å². The van der Waals surface area contributed by atoms with Crippen LogP contribution >= 0.6 is 0 Å². The number of aliphatic hydroxyl groups is 2. The molecule has 0 amide bonds. The fraction of sp³-hybridized carbons (Fsp3) is 0.661. The summed E-state index contributed by atoms with van der Waals surface area (Å²) >= 11 is 0. The molecular weight excluding hydrogens is 901 g/mol. The van der Waals surface area contributed by atoms with Crippen LogP contribution in [0.4, 0.5) is 0 Å². The number of aliphatic hydroxyl groups excluding tert-OH is 2. The highest BCUT2D eigenvalue weighted by Crippen LogP contribution is 2.26. The summed E-state index contributed by atoms with van der Waals surface area (Å²) in [6.45, 7) is 5.64. The number of ether oxygens (including phenoxy) is 5. The number of carbonyl (C=O) groups is 4. The number of carbonyl (C=O) groups excluding carboxylic acids is 3. The molecular formula is C59H94O12. The van der Waals surface area contributed by atoms with Crippen molar-refractivity contribution in [3.63, 3.8) is 0 Å². The van der Waals surface area contributed by atoms with Crippen molar-refractivity contribution >= 4 is 23.9 Å². The Bertz CT molecular complexity index is 1610. The number of esters is 3. The van der Waals surface area contributed by atoms with Crippen LogP contribution in [0, 0.1) is 0 Å². The minimum atomic E-state index is -1.93. The maximum atomic E-state index is 13.1. The molecule has 0 saturated carbocycles. The fourth-order valence-corrected chi connectivity index (χ4v) is 7.49. The van der Waals surface area contributed by atoms with Crippen molar-refractivity contribution in [3.05, 3.63) is 97.2 Å². The van der Waals surface area contributed by atoms with Crippen LogP contribution in [0.25, 0.3) is 0 Å². The fourth-order valence-electron chi connectivity index (χ4n) is 7.49. The number of aliphatic carboxylic acids is 1. The van der Waals surface area contributed by atoms with Crippen LogP contribution in [0.5, 0.6) is 0 Å². The Kier molecular flexibility index (Phi) is 42.5. The molecule has 3 N–H and O–H groups in total. The third-order valence-corrected chi connectivity index (χ3v) is 11.6. The second-order valence-electron chi connectivity index (χ2n) is 18.1. The van der Waals surface area contributed by atoms with Gasteiger partial charge < -0.3 is 39.0 Å². The monoisotopic (exact) mass is 995 g/mol. The average molecular weight is 995 g/mol. The van der Waals surface area contributed by atoms with Crippen molar-refractivity contribution in [1.29, 1.82) is 0 Å². The molecule has 71 heavy (non-hydrogen) atoms. The SMILES string of the molecule is CC/C=C\C/C=C\C/C=C\C/C=C\CCC(=O)OC1C(OCC(COC(=O)CCCCCCCCC/C=C\C/C=C\C/C=C\CC)OC(=O)CCCCCCC/C=C\CCCC)OC(C(=O)O)C(O)C1O. The van der Waals surface area contributed by atoms with Crippen LogP contribution in [0.3, 0.4) is 0 Å². The van der Waals surface area contributed by atoms with Gasteiger partial charge in [-0.2, -0.15) is 0 Å². The van der Waals surface area contributed by atoms with E-state index in [2.05, 4.69) is 99.8 Å². The number of allylic oxidation sites excluding steroid dienone is 16. The van der Waals surface area contributed by atoms with Crippen LogP contribution in [0.2, 0.25) is 0 Å². The molecule has 0 radical (unpaired) electrons. The van der Waals surface area contributed by atoms with Crippen LogP contribution in [-0.2, 0) is 42.9 Å². The topological polar surface area (TPSA) is 175 Å². The number of unbranched alkanes of at least 4 members (excludes halogenated alkanes) is 14. The molecule has 1 saturated heterocycles. The van der Waals surface area contributed by atoms with Gasteiger partial charge in [-0.25, -0.2) is 4.79 Å². The standard InChI is InChI=1S/C59H94O12/c1-4-7-10-13-16-19-22-24-25-26-27-29-31-33-36-39-42-45-51(60)67-48-50(69-52(61)46-43-40-37-34-30-21-18-15-12-9-6-3)49-68-59-57(55(64)54(63)56(71-59)58(65)66)70-53(62)47-44-41-38-35-32-28-23-20-17-14-11-8-5-2/h7-8,10-11,15-20,24-25,28,32,38,41,50,54-57,59,63-64H,4-6,9,12-14,21-23,26-27,29-31,33-37,39-40,42-49H2,1-3H3,(H,65,66)/b10-7-,11-8-,18-15-,19-16-,20-17-,25-24-,32-28-,41-38-. The molecule has 6 atom stereocenters. The molecule has 6 unspecified atom stereocenters. The lowest BCUT2D eigenvalue weighted by Gasteiger charge is -2.40. The lowest BCUT2D eigenvalue weighted by atomic mass is 9.98. The smallest absolute Gasteiger partial charge is 0.335 e. The van der Waals surface area contributed by atoms with Crippen molar-refractivity contribution in [1.82, 2.24) is 0 Å². The lowest BCUT2D eigenvalue weighted by Crippen LogP contribution is -2.61. The summed E-state index contributed by atoms with van der Waals surface area (Å²) in [5.74, 6) is -3.26.